The van der Waals surface area contributed by atoms with Crippen LogP contribution in [-0.2, 0) is 13.0 Å². The number of thiazole rings is 1. The first kappa shape index (κ1) is 12.1. The number of aryl methyl sites for hydroxylation is 1. The van der Waals surface area contributed by atoms with E-state index in [2.05, 4.69) is 4.98 Å². The zero-order chi connectivity index (χ0) is 12.4. The number of aromatic nitrogens is 1. The molecule has 1 aromatic heterocycles. The maximum atomic E-state index is 13.0. The van der Waals surface area contributed by atoms with E-state index in [0.717, 1.165) is 27.2 Å². The number of nitrogens with zero attached hydrogens (tertiary/aromatic N) is 1. The molecule has 17 heavy (non-hydrogen) atoms. The van der Waals surface area contributed by atoms with Gasteiger partial charge >= 0.3 is 0 Å². The molecule has 0 aliphatic heterocycles. The molecule has 0 aliphatic carbocycles. The summed E-state index contributed by atoms with van der Waals surface area (Å²) >= 11 is 1.51. The lowest BCUT2D eigenvalue weighted by atomic mass is 10.1. The average molecular weight is 254 g/mol. The minimum Gasteiger partial charge on any atom is -0.325 e. The summed E-state index contributed by atoms with van der Waals surface area (Å²) in [5.74, 6) is -1.64. The minimum absolute atomic E-state index is 0.406. The van der Waals surface area contributed by atoms with Gasteiger partial charge in [-0.05, 0) is 24.6 Å². The van der Waals surface area contributed by atoms with E-state index in [-0.39, 0.29) is 0 Å². The molecule has 0 amide bonds. The summed E-state index contributed by atoms with van der Waals surface area (Å²) in [6.45, 7) is 2.30. The van der Waals surface area contributed by atoms with Crippen molar-refractivity contribution in [2.24, 2.45) is 5.73 Å². The summed E-state index contributed by atoms with van der Waals surface area (Å²) in [5, 5.41) is 0.861. The number of rotatable bonds is 3. The molecule has 2 nitrogen and oxygen atoms in total. The van der Waals surface area contributed by atoms with Crippen molar-refractivity contribution in [3.8, 4) is 0 Å². The highest BCUT2D eigenvalue weighted by Crippen LogP contribution is 2.22. The van der Waals surface area contributed by atoms with Crippen LogP contribution in [0.15, 0.2) is 18.2 Å². The molecular weight excluding hydrogens is 242 g/mol. The fourth-order valence-electron chi connectivity index (χ4n) is 1.57. The Hall–Kier alpha value is -1.33. The van der Waals surface area contributed by atoms with Crippen molar-refractivity contribution >= 4 is 11.3 Å². The molecule has 0 spiro atoms. The molecule has 1 aromatic carbocycles. The summed E-state index contributed by atoms with van der Waals surface area (Å²) in [4.78, 5) is 5.33. The Morgan fingerprint density at radius 2 is 2.06 bits per heavy atom. The van der Waals surface area contributed by atoms with Crippen LogP contribution in [0.25, 0.3) is 0 Å². The highest BCUT2D eigenvalue weighted by molar-refractivity contribution is 7.11. The smallest absolute Gasteiger partial charge is 0.159 e. The number of hydrogen-bond acceptors (Lipinski definition) is 3. The summed E-state index contributed by atoms with van der Waals surface area (Å²) < 4.78 is 25.8. The first-order chi connectivity index (χ1) is 8.10. The Morgan fingerprint density at radius 3 is 2.65 bits per heavy atom. The van der Waals surface area contributed by atoms with E-state index in [0.29, 0.717) is 13.0 Å². The second-order valence-corrected chi connectivity index (χ2v) is 4.91. The molecule has 0 bridgehead atoms. The molecule has 2 rings (SSSR count). The van der Waals surface area contributed by atoms with Crippen molar-refractivity contribution in [3.05, 3.63) is 51.0 Å². The van der Waals surface area contributed by atoms with E-state index >= 15 is 0 Å². The van der Waals surface area contributed by atoms with Gasteiger partial charge < -0.3 is 5.73 Å². The van der Waals surface area contributed by atoms with Crippen LogP contribution in [0.2, 0.25) is 0 Å². The molecule has 0 fully saturated rings. The lowest BCUT2D eigenvalue weighted by Gasteiger charge is -2.00. The number of nitrogens with two attached hydrogens (primary N) is 1. The highest BCUT2D eigenvalue weighted by Gasteiger charge is 2.09. The Bertz CT molecular complexity index is 537. The minimum atomic E-state index is -0.822. The Kier molecular flexibility index (Phi) is 3.49. The average Bonchev–Trinajstić information content (AvgIpc) is 2.65. The molecule has 0 saturated heterocycles. The summed E-state index contributed by atoms with van der Waals surface area (Å²) in [6.07, 6.45) is 0.556. The van der Waals surface area contributed by atoms with Crippen molar-refractivity contribution in [3.63, 3.8) is 0 Å². The normalized spacial score (nSPS) is 10.8. The zero-order valence-electron chi connectivity index (χ0n) is 9.34. The van der Waals surface area contributed by atoms with E-state index in [9.17, 15) is 8.78 Å². The highest BCUT2D eigenvalue weighted by atomic mass is 32.1. The van der Waals surface area contributed by atoms with Gasteiger partial charge in [0.15, 0.2) is 11.6 Å². The van der Waals surface area contributed by atoms with Crippen LogP contribution in [0.4, 0.5) is 8.78 Å². The summed E-state index contributed by atoms with van der Waals surface area (Å²) in [6, 6.07) is 3.95. The molecule has 1 heterocycles. The molecule has 2 aromatic rings. The monoisotopic (exact) mass is 254 g/mol. The summed E-state index contributed by atoms with van der Waals surface area (Å²) in [7, 11) is 0. The van der Waals surface area contributed by atoms with Crippen molar-refractivity contribution in [1.29, 1.82) is 0 Å². The second-order valence-electron chi connectivity index (χ2n) is 3.75. The molecule has 5 heteroatoms. The van der Waals surface area contributed by atoms with Crippen LogP contribution in [0.3, 0.4) is 0 Å². The second kappa shape index (κ2) is 4.89. The van der Waals surface area contributed by atoms with Crippen molar-refractivity contribution in [1.82, 2.24) is 4.98 Å². The van der Waals surface area contributed by atoms with Crippen LogP contribution in [-0.4, -0.2) is 4.98 Å². The van der Waals surface area contributed by atoms with Crippen molar-refractivity contribution < 1.29 is 8.78 Å². The van der Waals surface area contributed by atoms with E-state index in [4.69, 9.17) is 5.73 Å². The standard InChI is InChI=1S/C12H12F2N2S/c1-7-11(17-12(6-15)16-7)5-8-2-3-9(13)10(14)4-8/h2-4H,5-6,15H2,1H3. The van der Waals surface area contributed by atoms with Crippen molar-refractivity contribution in [2.45, 2.75) is 19.9 Å². The van der Waals surface area contributed by atoms with Gasteiger partial charge in [-0.3, -0.25) is 0 Å². The van der Waals surface area contributed by atoms with E-state index in [1.807, 2.05) is 6.92 Å². The molecule has 0 aliphatic rings. The molecule has 0 saturated carbocycles. The molecular formula is C12H12F2N2S. The first-order valence-corrected chi connectivity index (χ1v) is 6.01. The largest absolute Gasteiger partial charge is 0.325 e. The van der Waals surface area contributed by atoms with Gasteiger partial charge in [-0.25, -0.2) is 13.8 Å². The van der Waals surface area contributed by atoms with Crippen LogP contribution in [0.1, 0.15) is 21.1 Å². The Labute approximate surface area is 102 Å². The van der Waals surface area contributed by atoms with Gasteiger partial charge in [0.05, 0.1) is 5.69 Å². The molecule has 2 N–H and O–H groups in total. The van der Waals surface area contributed by atoms with Gasteiger partial charge in [0.25, 0.3) is 0 Å². The molecule has 0 radical (unpaired) electrons. The lowest BCUT2D eigenvalue weighted by molar-refractivity contribution is 0.507. The number of halogens is 2. The van der Waals surface area contributed by atoms with Crippen molar-refractivity contribution in [2.75, 3.05) is 0 Å². The first-order valence-electron chi connectivity index (χ1n) is 5.19. The van der Waals surface area contributed by atoms with E-state index in [1.54, 1.807) is 6.07 Å². The summed E-state index contributed by atoms with van der Waals surface area (Å²) in [5.41, 5.74) is 7.15. The third-order valence-electron chi connectivity index (χ3n) is 2.46. The fourth-order valence-corrected chi connectivity index (χ4v) is 2.56. The van der Waals surface area contributed by atoms with Crippen LogP contribution >= 0.6 is 11.3 Å². The van der Waals surface area contributed by atoms with Gasteiger partial charge in [0, 0.05) is 17.8 Å². The number of hydrogen-bond donors (Lipinski definition) is 1. The van der Waals surface area contributed by atoms with Gasteiger partial charge in [0.1, 0.15) is 5.01 Å². The molecule has 90 valence electrons. The lowest BCUT2D eigenvalue weighted by Crippen LogP contribution is -1.94. The Morgan fingerprint density at radius 1 is 1.29 bits per heavy atom. The zero-order valence-corrected chi connectivity index (χ0v) is 10.2. The van der Waals surface area contributed by atoms with Crippen LogP contribution < -0.4 is 5.73 Å². The van der Waals surface area contributed by atoms with Crippen LogP contribution in [0.5, 0.6) is 0 Å². The van der Waals surface area contributed by atoms with E-state index in [1.165, 1.54) is 17.4 Å². The predicted octanol–water partition coefficient (Wildman–Crippen LogP) is 2.78. The van der Waals surface area contributed by atoms with Gasteiger partial charge in [-0.1, -0.05) is 6.07 Å². The molecule has 0 unspecified atom stereocenters. The van der Waals surface area contributed by atoms with Crippen LogP contribution in [0, 0.1) is 18.6 Å². The van der Waals surface area contributed by atoms with E-state index < -0.39 is 11.6 Å². The third kappa shape index (κ3) is 2.68. The quantitative estimate of drug-likeness (QED) is 0.914. The maximum Gasteiger partial charge on any atom is 0.159 e. The van der Waals surface area contributed by atoms with Gasteiger partial charge in [-0.2, -0.15) is 0 Å². The Balaban J connectivity index is 2.24. The SMILES string of the molecule is Cc1nc(CN)sc1Cc1ccc(F)c(F)c1. The van der Waals surface area contributed by atoms with Gasteiger partial charge in [0.2, 0.25) is 0 Å². The topological polar surface area (TPSA) is 38.9 Å². The fraction of sp³-hybridized carbons (Fsp3) is 0.250. The third-order valence-corrected chi connectivity index (χ3v) is 3.64. The number of benzene rings is 1. The maximum absolute atomic E-state index is 13.0. The van der Waals surface area contributed by atoms with Gasteiger partial charge in [-0.15, -0.1) is 11.3 Å². The molecule has 0 atom stereocenters. The predicted molar refractivity (Wildman–Crippen MR) is 63.9 cm³/mol.